The van der Waals surface area contributed by atoms with E-state index in [9.17, 15) is 0 Å². The second-order valence-electron chi connectivity index (χ2n) is 6.53. The Balaban J connectivity index is 1.74. The second-order valence-corrected chi connectivity index (χ2v) is 8.82. The molecule has 3 heteroatoms. The Kier molecular flexibility index (Phi) is 5.50. The third kappa shape index (κ3) is 4.30. The molecule has 0 aromatic carbocycles. The molecule has 2 rings (SSSR count). The number of rotatable bonds is 5. The minimum absolute atomic E-state index is 0.531. The Bertz CT molecular complexity index is 391. The maximum absolute atomic E-state index is 3.73. The highest BCUT2D eigenvalue weighted by Crippen LogP contribution is 2.40. The van der Waals surface area contributed by atoms with E-state index in [4.69, 9.17) is 0 Å². The zero-order valence-electron chi connectivity index (χ0n) is 12.3. The van der Waals surface area contributed by atoms with E-state index >= 15 is 0 Å². The van der Waals surface area contributed by atoms with E-state index < -0.39 is 0 Å². The van der Waals surface area contributed by atoms with Gasteiger partial charge < -0.3 is 5.32 Å². The van der Waals surface area contributed by atoms with E-state index in [0.29, 0.717) is 5.41 Å². The van der Waals surface area contributed by atoms with E-state index in [2.05, 4.69) is 53.5 Å². The summed E-state index contributed by atoms with van der Waals surface area (Å²) in [4.78, 5) is 0. The van der Waals surface area contributed by atoms with E-state index in [-0.39, 0.29) is 0 Å². The van der Waals surface area contributed by atoms with E-state index in [1.165, 1.54) is 41.5 Å². The lowest BCUT2D eigenvalue weighted by Crippen LogP contribution is -2.36. The van der Waals surface area contributed by atoms with Gasteiger partial charge in [-0.2, -0.15) is 0 Å². The van der Waals surface area contributed by atoms with Crippen molar-refractivity contribution in [3.63, 3.8) is 0 Å². The summed E-state index contributed by atoms with van der Waals surface area (Å²) < 4.78 is 1.23. The molecule has 1 nitrogen and oxygen atoms in total. The van der Waals surface area contributed by atoms with Crippen LogP contribution in [-0.4, -0.2) is 6.04 Å². The first-order valence-electron chi connectivity index (χ1n) is 7.47. The largest absolute Gasteiger partial charge is 0.310 e. The van der Waals surface area contributed by atoms with Gasteiger partial charge in [0.25, 0.3) is 0 Å². The molecule has 0 saturated heterocycles. The number of hydrogen-bond acceptors (Lipinski definition) is 2. The molecule has 0 radical (unpaired) electrons. The van der Waals surface area contributed by atoms with Crippen LogP contribution in [0, 0.1) is 11.3 Å². The van der Waals surface area contributed by atoms with Gasteiger partial charge in [-0.05, 0) is 70.0 Å². The van der Waals surface area contributed by atoms with Gasteiger partial charge in [0.15, 0.2) is 0 Å². The van der Waals surface area contributed by atoms with Gasteiger partial charge in [-0.1, -0.05) is 27.2 Å². The van der Waals surface area contributed by atoms with Gasteiger partial charge in [-0.25, -0.2) is 0 Å². The predicted molar refractivity (Wildman–Crippen MR) is 88.7 cm³/mol. The average molecular weight is 344 g/mol. The Labute approximate surface area is 130 Å². The predicted octanol–water partition coefficient (Wildman–Crippen LogP) is 5.60. The maximum atomic E-state index is 3.73. The molecule has 108 valence electrons. The van der Waals surface area contributed by atoms with Crippen LogP contribution in [0.4, 0.5) is 0 Å². The highest BCUT2D eigenvalue weighted by atomic mass is 79.9. The summed E-state index contributed by atoms with van der Waals surface area (Å²) in [6, 6.07) is 2.95. The standard InChI is InChI=1S/C16H26BrNS/c1-4-16(2,3)13-5-7-14(8-6-13)18-10-12-9-15(17)19-11-12/h9,11,13-14,18H,4-8,10H2,1-3H3. The summed E-state index contributed by atoms with van der Waals surface area (Å²) in [5, 5.41) is 5.97. The van der Waals surface area contributed by atoms with Crippen molar-refractivity contribution in [1.29, 1.82) is 0 Å². The molecular weight excluding hydrogens is 318 g/mol. The number of hydrogen-bond donors (Lipinski definition) is 1. The van der Waals surface area contributed by atoms with E-state index in [1.807, 2.05) is 0 Å². The Morgan fingerprint density at radius 1 is 1.32 bits per heavy atom. The summed E-state index contributed by atoms with van der Waals surface area (Å²) in [5.74, 6) is 0.922. The van der Waals surface area contributed by atoms with Crippen LogP contribution < -0.4 is 5.32 Å². The Morgan fingerprint density at radius 2 is 2.00 bits per heavy atom. The molecule has 1 fully saturated rings. The summed E-state index contributed by atoms with van der Waals surface area (Å²) in [6.45, 7) is 8.23. The van der Waals surface area contributed by atoms with Gasteiger partial charge in [-0.3, -0.25) is 0 Å². The van der Waals surface area contributed by atoms with Gasteiger partial charge in [0, 0.05) is 12.6 Å². The molecule has 0 atom stereocenters. The van der Waals surface area contributed by atoms with Crippen LogP contribution in [0.5, 0.6) is 0 Å². The fourth-order valence-corrected chi connectivity index (χ4v) is 4.28. The van der Waals surface area contributed by atoms with Crippen LogP contribution in [0.2, 0.25) is 0 Å². The molecule has 1 aliphatic rings. The van der Waals surface area contributed by atoms with Crippen molar-refractivity contribution in [2.75, 3.05) is 0 Å². The molecule has 1 saturated carbocycles. The molecule has 0 bridgehead atoms. The molecule has 1 aromatic rings. The van der Waals surface area contributed by atoms with Crippen LogP contribution in [0.15, 0.2) is 15.2 Å². The molecule has 1 aliphatic carbocycles. The van der Waals surface area contributed by atoms with Crippen molar-refractivity contribution in [1.82, 2.24) is 5.32 Å². The van der Waals surface area contributed by atoms with Gasteiger partial charge in [0.2, 0.25) is 0 Å². The first kappa shape index (κ1) is 15.5. The molecular formula is C16H26BrNS. The minimum Gasteiger partial charge on any atom is -0.310 e. The lowest BCUT2D eigenvalue weighted by atomic mass is 9.69. The van der Waals surface area contributed by atoms with Crippen LogP contribution in [0.1, 0.15) is 58.4 Å². The fraction of sp³-hybridized carbons (Fsp3) is 0.750. The van der Waals surface area contributed by atoms with E-state index in [0.717, 1.165) is 18.5 Å². The Morgan fingerprint density at radius 3 is 2.53 bits per heavy atom. The Hall–Kier alpha value is 0.140. The van der Waals surface area contributed by atoms with Crippen molar-refractivity contribution in [3.8, 4) is 0 Å². The van der Waals surface area contributed by atoms with Gasteiger partial charge in [0.1, 0.15) is 0 Å². The highest BCUT2D eigenvalue weighted by Gasteiger charge is 2.31. The average Bonchev–Trinajstić information content (AvgIpc) is 2.83. The summed E-state index contributed by atoms with van der Waals surface area (Å²) in [5.41, 5.74) is 1.94. The quantitative estimate of drug-likeness (QED) is 0.734. The minimum atomic E-state index is 0.531. The zero-order chi connectivity index (χ0) is 13.9. The molecule has 19 heavy (non-hydrogen) atoms. The second kappa shape index (κ2) is 6.73. The maximum Gasteiger partial charge on any atom is 0.0701 e. The molecule has 1 heterocycles. The third-order valence-electron chi connectivity index (χ3n) is 4.96. The SMILES string of the molecule is CCC(C)(C)C1CCC(NCc2csc(Br)c2)CC1. The van der Waals surface area contributed by atoms with Gasteiger partial charge in [0.05, 0.1) is 3.79 Å². The highest BCUT2D eigenvalue weighted by molar-refractivity contribution is 9.11. The zero-order valence-corrected chi connectivity index (χ0v) is 14.7. The summed E-state index contributed by atoms with van der Waals surface area (Å²) >= 11 is 5.30. The number of thiophene rings is 1. The van der Waals surface area contributed by atoms with Crippen LogP contribution in [-0.2, 0) is 6.54 Å². The molecule has 0 unspecified atom stereocenters. The third-order valence-corrected chi connectivity index (χ3v) is 6.51. The molecule has 0 aliphatic heterocycles. The first-order valence-corrected chi connectivity index (χ1v) is 9.15. The number of nitrogens with one attached hydrogen (secondary N) is 1. The number of halogens is 1. The lowest BCUT2D eigenvalue weighted by Gasteiger charge is -2.39. The topological polar surface area (TPSA) is 12.0 Å². The molecule has 0 spiro atoms. The summed E-state index contributed by atoms with van der Waals surface area (Å²) in [7, 11) is 0. The van der Waals surface area contributed by atoms with Crippen molar-refractivity contribution < 1.29 is 0 Å². The monoisotopic (exact) mass is 343 g/mol. The van der Waals surface area contributed by atoms with Gasteiger partial charge in [-0.15, -0.1) is 11.3 Å². The molecule has 0 amide bonds. The van der Waals surface area contributed by atoms with Crippen molar-refractivity contribution in [2.24, 2.45) is 11.3 Å². The van der Waals surface area contributed by atoms with Crippen molar-refractivity contribution >= 4 is 27.3 Å². The van der Waals surface area contributed by atoms with Crippen LogP contribution >= 0.6 is 27.3 Å². The smallest absolute Gasteiger partial charge is 0.0701 e. The molecule has 1 N–H and O–H groups in total. The summed E-state index contributed by atoms with van der Waals surface area (Å²) in [6.07, 6.45) is 6.79. The molecule has 1 aromatic heterocycles. The normalized spacial score (nSPS) is 24.6. The first-order chi connectivity index (χ1) is 9.01. The van der Waals surface area contributed by atoms with Crippen LogP contribution in [0.3, 0.4) is 0 Å². The van der Waals surface area contributed by atoms with Gasteiger partial charge >= 0.3 is 0 Å². The van der Waals surface area contributed by atoms with Crippen LogP contribution in [0.25, 0.3) is 0 Å². The fourth-order valence-electron chi connectivity index (χ4n) is 3.07. The lowest BCUT2D eigenvalue weighted by molar-refractivity contribution is 0.137. The van der Waals surface area contributed by atoms with Crippen molar-refractivity contribution in [2.45, 2.75) is 65.5 Å². The van der Waals surface area contributed by atoms with E-state index in [1.54, 1.807) is 11.3 Å². The van der Waals surface area contributed by atoms with Crippen molar-refractivity contribution in [3.05, 3.63) is 20.8 Å².